The molecule has 2 atom stereocenters. The second-order valence-corrected chi connectivity index (χ2v) is 9.66. The molecule has 8 nitrogen and oxygen atoms in total. The number of amides is 1. The molecule has 2 unspecified atom stereocenters. The number of piperidine rings is 1. The van der Waals surface area contributed by atoms with Gasteiger partial charge in [-0.05, 0) is 63.1 Å². The van der Waals surface area contributed by atoms with Gasteiger partial charge in [0, 0.05) is 31.3 Å². The zero-order valence-electron chi connectivity index (χ0n) is 17.6. The van der Waals surface area contributed by atoms with Gasteiger partial charge in [-0.25, -0.2) is 4.79 Å². The number of hydrogen-bond acceptors (Lipinski definition) is 6. The van der Waals surface area contributed by atoms with Crippen molar-refractivity contribution in [3.63, 3.8) is 0 Å². The van der Waals surface area contributed by atoms with E-state index in [9.17, 15) is 19.7 Å². The number of nitrogens with zero attached hydrogens (tertiary/aromatic N) is 3. The first kappa shape index (κ1) is 21.5. The van der Waals surface area contributed by atoms with E-state index >= 15 is 0 Å². The zero-order chi connectivity index (χ0) is 22.5. The third kappa shape index (κ3) is 4.21. The molecule has 0 radical (unpaired) electrons. The Morgan fingerprint density at radius 2 is 2.00 bits per heavy atom. The van der Waals surface area contributed by atoms with Crippen molar-refractivity contribution in [2.75, 3.05) is 13.1 Å². The molecule has 164 valence electrons. The summed E-state index contributed by atoms with van der Waals surface area (Å²) in [5.74, 6) is 1.07. The SMILES string of the molecule is CC(C)(C)OC(=O)N1CC2C(CCC(=O)c3cc(Cl)c([N+](=O)[O-])c4cccnc34)C2C1. The molecule has 1 aromatic heterocycles. The number of ketones is 1. The van der Waals surface area contributed by atoms with E-state index in [1.165, 1.54) is 12.3 Å². The Hall–Kier alpha value is -2.74. The maximum atomic E-state index is 12.9. The third-order valence-corrected chi connectivity index (χ3v) is 6.31. The van der Waals surface area contributed by atoms with Crippen LogP contribution in [0, 0.1) is 27.9 Å². The summed E-state index contributed by atoms with van der Waals surface area (Å²) in [6, 6.07) is 4.50. The van der Waals surface area contributed by atoms with E-state index in [1.807, 2.05) is 20.8 Å². The highest BCUT2D eigenvalue weighted by molar-refractivity contribution is 6.35. The molecular formula is C22H24ClN3O5. The smallest absolute Gasteiger partial charge is 0.410 e. The number of carbonyl (C=O) groups is 2. The van der Waals surface area contributed by atoms with Gasteiger partial charge in [-0.15, -0.1) is 0 Å². The van der Waals surface area contributed by atoms with Crippen molar-refractivity contribution in [2.24, 2.45) is 17.8 Å². The molecule has 1 aliphatic carbocycles. The largest absolute Gasteiger partial charge is 0.444 e. The van der Waals surface area contributed by atoms with Crippen molar-refractivity contribution < 1.29 is 19.2 Å². The monoisotopic (exact) mass is 445 g/mol. The van der Waals surface area contributed by atoms with E-state index in [-0.39, 0.29) is 28.0 Å². The lowest BCUT2D eigenvalue weighted by Gasteiger charge is -2.25. The molecule has 2 aliphatic rings. The number of pyridine rings is 1. The van der Waals surface area contributed by atoms with Crippen LogP contribution in [0.4, 0.5) is 10.5 Å². The van der Waals surface area contributed by atoms with Crippen molar-refractivity contribution in [1.82, 2.24) is 9.88 Å². The molecule has 9 heteroatoms. The van der Waals surface area contributed by atoms with Crippen molar-refractivity contribution in [2.45, 2.75) is 39.2 Å². The van der Waals surface area contributed by atoms with Crippen molar-refractivity contribution in [1.29, 1.82) is 0 Å². The summed E-state index contributed by atoms with van der Waals surface area (Å²) < 4.78 is 5.43. The number of nitro groups is 1. The summed E-state index contributed by atoms with van der Waals surface area (Å²) in [5, 5.41) is 11.6. The molecule has 0 N–H and O–H groups in total. The number of likely N-dealkylation sites (tertiary alicyclic amines) is 1. The molecule has 0 bridgehead atoms. The van der Waals surface area contributed by atoms with Gasteiger partial charge in [0.25, 0.3) is 5.69 Å². The normalized spacial score (nSPS) is 22.3. The van der Waals surface area contributed by atoms with Gasteiger partial charge in [0.05, 0.1) is 15.8 Å². The Morgan fingerprint density at radius 1 is 1.32 bits per heavy atom. The molecule has 31 heavy (non-hydrogen) atoms. The van der Waals surface area contributed by atoms with Crippen LogP contribution in [-0.2, 0) is 4.74 Å². The summed E-state index contributed by atoms with van der Waals surface area (Å²) in [7, 11) is 0. The van der Waals surface area contributed by atoms with Crippen LogP contribution in [0.2, 0.25) is 5.02 Å². The van der Waals surface area contributed by atoms with Crippen LogP contribution in [0.1, 0.15) is 44.0 Å². The molecule has 1 saturated heterocycles. The van der Waals surface area contributed by atoms with Gasteiger partial charge in [-0.2, -0.15) is 0 Å². The number of aromatic nitrogens is 1. The molecule has 2 heterocycles. The maximum absolute atomic E-state index is 12.9. The standard InChI is InChI=1S/C22H24ClN3O5/c1-22(2,3)31-21(28)25-10-15-12(16(15)11-25)6-7-18(27)14-9-17(23)20(26(29)30)13-5-4-8-24-19(13)14/h4-5,8-9,12,15-16H,6-7,10-11H2,1-3H3. The van der Waals surface area contributed by atoms with Crippen LogP contribution in [0.15, 0.2) is 24.4 Å². The first-order valence-corrected chi connectivity index (χ1v) is 10.7. The first-order valence-electron chi connectivity index (χ1n) is 10.3. The van der Waals surface area contributed by atoms with Crippen LogP contribution in [0.25, 0.3) is 10.9 Å². The van der Waals surface area contributed by atoms with Gasteiger partial charge in [0.1, 0.15) is 10.6 Å². The van der Waals surface area contributed by atoms with Crippen LogP contribution in [0.5, 0.6) is 0 Å². The summed E-state index contributed by atoms with van der Waals surface area (Å²) in [6.45, 7) is 6.86. The second-order valence-electron chi connectivity index (χ2n) is 9.25. The predicted molar refractivity (Wildman–Crippen MR) is 115 cm³/mol. The minimum absolute atomic E-state index is 0.0647. The summed E-state index contributed by atoms with van der Waals surface area (Å²) >= 11 is 6.12. The molecule has 2 aromatic rings. The van der Waals surface area contributed by atoms with E-state index in [0.29, 0.717) is 54.8 Å². The quantitative estimate of drug-likeness (QED) is 0.369. The van der Waals surface area contributed by atoms with E-state index < -0.39 is 10.5 Å². The number of benzene rings is 1. The summed E-state index contributed by atoms with van der Waals surface area (Å²) in [5.41, 5.74) is -0.137. The number of rotatable bonds is 5. The van der Waals surface area contributed by atoms with Crippen LogP contribution < -0.4 is 0 Å². The molecular weight excluding hydrogens is 422 g/mol. The van der Waals surface area contributed by atoms with Gasteiger partial charge >= 0.3 is 6.09 Å². The summed E-state index contributed by atoms with van der Waals surface area (Å²) in [4.78, 5) is 41.9. The maximum Gasteiger partial charge on any atom is 0.410 e. The summed E-state index contributed by atoms with van der Waals surface area (Å²) in [6.07, 6.45) is 2.24. The number of nitro benzene ring substituents is 1. The number of halogens is 1. The van der Waals surface area contributed by atoms with E-state index in [4.69, 9.17) is 16.3 Å². The van der Waals surface area contributed by atoms with Gasteiger partial charge in [-0.3, -0.25) is 19.9 Å². The lowest BCUT2D eigenvalue weighted by molar-refractivity contribution is -0.382. The van der Waals surface area contributed by atoms with Gasteiger partial charge < -0.3 is 9.64 Å². The fourth-order valence-corrected chi connectivity index (χ4v) is 4.87. The molecule has 1 aliphatic heterocycles. The van der Waals surface area contributed by atoms with Crippen molar-refractivity contribution >= 4 is 40.1 Å². The molecule has 1 aromatic carbocycles. The van der Waals surface area contributed by atoms with Crippen LogP contribution in [0.3, 0.4) is 0 Å². The van der Waals surface area contributed by atoms with Gasteiger partial charge in [0.2, 0.25) is 0 Å². The minimum Gasteiger partial charge on any atom is -0.444 e. The van der Waals surface area contributed by atoms with Crippen LogP contribution in [-0.4, -0.2) is 45.4 Å². The predicted octanol–water partition coefficient (Wildman–Crippen LogP) is 4.87. The molecule has 0 spiro atoms. The molecule has 1 saturated carbocycles. The average molecular weight is 446 g/mol. The van der Waals surface area contributed by atoms with E-state index in [1.54, 1.807) is 17.0 Å². The fourth-order valence-electron chi connectivity index (χ4n) is 4.59. The lowest BCUT2D eigenvalue weighted by Crippen LogP contribution is -2.37. The third-order valence-electron chi connectivity index (χ3n) is 6.03. The molecule has 1 amide bonds. The van der Waals surface area contributed by atoms with E-state index in [2.05, 4.69) is 4.98 Å². The van der Waals surface area contributed by atoms with E-state index in [0.717, 1.165) is 0 Å². The zero-order valence-corrected chi connectivity index (χ0v) is 18.4. The van der Waals surface area contributed by atoms with Gasteiger partial charge in [-0.1, -0.05) is 11.6 Å². The minimum atomic E-state index is -0.553. The van der Waals surface area contributed by atoms with Crippen LogP contribution >= 0.6 is 11.6 Å². The highest BCUT2D eigenvalue weighted by Crippen LogP contribution is 2.54. The fraction of sp³-hybridized carbons (Fsp3) is 0.500. The Morgan fingerprint density at radius 3 is 2.61 bits per heavy atom. The number of Topliss-reactive ketones (excluding diaryl/α,β-unsaturated/α-hetero) is 1. The Bertz CT molecular complexity index is 1070. The van der Waals surface area contributed by atoms with Gasteiger partial charge in [0.15, 0.2) is 5.78 Å². The topological polar surface area (TPSA) is 103 Å². The number of carbonyl (C=O) groups excluding carboxylic acids is 2. The lowest BCUT2D eigenvalue weighted by atomic mass is 9.99. The number of ether oxygens (including phenoxy) is 1. The Kier molecular flexibility index (Phi) is 5.37. The first-order chi connectivity index (χ1) is 14.6. The molecule has 4 rings (SSSR count). The molecule has 2 fully saturated rings. The van der Waals surface area contributed by atoms with Crippen molar-refractivity contribution in [3.8, 4) is 0 Å². The highest BCUT2D eigenvalue weighted by Gasteiger charge is 2.56. The number of hydrogen-bond donors (Lipinski definition) is 0. The van der Waals surface area contributed by atoms with Crippen molar-refractivity contribution in [3.05, 3.63) is 45.1 Å². The number of fused-ring (bicyclic) bond motifs is 2. The average Bonchev–Trinajstić information content (AvgIpc) is 3.12. The second kappa shape index (κ2) is 7.75. The Balaban J connectivity index is 1.40. The highest BCUT2D eigenvalue weighted by atomic mass is 35.5. The Labute approximate surface area is 184 Å².